The largest absolute Gasteiger partial charge is 0.289 e. The molecule has 0 N–H and O–H groups in total. The fourth-order valence-corrected chi connectivity index (χ4v) is 10.4. The number of hydrogen-bond donors (Lipinski definition) is 0. The van der Waals surface area contributed by atoms with Gasteiger partial charge in [-0.3, -0.25) is 14.4 Å². The Labute approximate surface area is 232 Å². The van der Waals surface area contributed by atoms with Crippen molar-refractivity contribution in [3.8, 4) is 11.1 Å². The fraction of sp³-hybridized carbons (Fsp3) is 0. The first-order valence-electron chi connectivity index (χ1n) is 13.1. The van der Waals surface area contributed by atoms with Crippen molar-refractivity contribution in [2.45, 2.75) is 0 Å². The average Bonchev–Trinajstić information content (AvgIpc) is 3.03. The SMILES string of the molecule is O=C1C(=C2C(=O)c3ccccc3-c3ccccc32)C(=O)C1=P(c1ccccc1)(c1ccccc1)c1ccccc1. The summed E-state index contributed by atoms with van der Waals surface area (Å²) in [4.78, 5) is 42.8. The van der Waals surface area contributed by atoms with Gasteiger partial charge in [0.05, 0.1) is 10.9 Å². The minimum absolute atomic E-state index is 0.00544. The maximum absolute atomic E-state index is 14.5. The third-order valence-corrected chi connectivity index (χ3v) is 12.1. The standard InChI is InChI=1S/C36H23O3P/c37-33-30-23-13-11-21-28(30)27-20-10-12-22-29(27)31(33)32-34(38)36(35(32)39)40(24-14-4-1-5-15-24,25-16-6-2-7-17-25)26-18-8-3-9-19-26/h1-23H. The fourth-order valence-electron chi connectivity index (χ4n) is 6.06. The van der Waals surface area contributed by atoms with Crippen LogP contribution >= 0.6 is 6.89 Å². The lowest BCUT2D eigenvalue weighted by molar-refractivity contribution is -0.119. The Morgan fingerprint density at radius 3 is 1.12 bits per heavy atom. The molecule has 1 fully saturated rings. The topological polar surface area (TPSA) is 51.2 Å². The molecule has 3 nitrogen and oxygen atoms in total. The molecule has 7 rings (SSSR count). The molecule has 40 heavy (non-hydrogen) atoms. The van der Waals surface area contributed by atoms with Gasteiger partial charge >= 0.3 is 0 Å². The molecule has 2 aliphatic rings. The number of allylic oxidation sites excluding steroid dienone is 2. The van der Waals surface area contributed by atoms with E-state index in [1.807, 2.05) is 133 Å². The number of carbonyl (C=O) groups excluding carboxylic acids is 3. The highest BCUT2D eigenvalue weighted by atomic mass is 31.2. The Morgan fingerprint density at radius 1 is 0.325 bits per heavy atom. The molecule has 5 aromatic rings. The van der Waals surface area contributed by atoms with Crippen molar-refractivity contribution in [2.75, 3.05) is 0 Å². The average molecular weight is 535 g/mol. The van der Waals surface area contributed by atoms with E-state index in [0.29, 0.717) is 11.1 Å². The first-order valence-corrected chi connectivity index (χ1v) is 14.9. The summed E-state index contributed by atoms with van der Waals surface area (Å²) in [6.07, 6.45) is 0. The van der Waals surface area contributed by atoms with Gasteiger partial charge in [0.15, 0.2) is 5.78 Å². The van der Waals surface area contributed by atoms with Crippen LogP contribution in [0.3, 0.4) is 0 Å². The normalized spacial score (nSPS) is 14.5. The third kappa shape index (κ3) is 3.35. The van der Waals surface area contributed by atoms with Crippen LogP contribution in [0.2, 0.25) is 0 Å². The van der Waals surface area contributed by atoms with Gasteiger partial charge in [-0.15, -0.1) is 0 Å². The van der Waals surface area contributed by atoms with Gasteiger partial charge in [-0.25, -0.2) is 0 Å². The van der Waals surface area contributed by atoms with Gasteiger partial charge in [0.25, 0.3) is 0 Å². The van der Waals surface area contributed by atoms with E-state index < -0.39 is 6.89 Å². The van der Waals surface area contributed by atoms with E-state index >= 15 is 0 Å². The number of benzene rings is 5. The van der Waals surface area contributed by atoms with E-state index in [2.05, 4.69) is 0 Å². The molecule has 2 aliphatic carbocycles. The highest BCUT2D eigenvalue weighted by Gasteiger charge is 2.50. The summed E-state index contributed by atoms with van der Waals surface area (Å²) in [5, 5.41) is 3.04. The maximum atomic E-state index is 14.5. The molecule has 1 saturated carbocycles. The van der Waals surface area contributed by atoms with Crippen molar-refractivity contribution in [1.29, 1.82) is 0 Å². The monoisotopic (exact) mass is 534 g/mol. The molecule has 0 radical (unpaired) electrons. The highest BCUT2D eigenvalue weighted by molar-refractivity contribution is 7.98. The summed E-state index contributed by atoms with van der Waals surface area (Å²) in [5.74, 6) is -0.965. The molecular formula is C36H23O3P. The highest BCUT2D eigenvalue weighted by Crippen LogP contribution is 2.51. The summed E-state index contributed by atoms with van der Waals surface area (Å²) < 4.78 is 0. The molecular weight excluding hydrogens is 511 g/mol. The van der Waals surface area contributed by atoms with Crippen molar-refractivity contribution < 1.29 is 14.4 Å². The van der Waals surface area contributed by atoms with Crippen LogP contribution in [0.25, 0.3) is 16.7 Å². The zero-order chi connectivity index (χ0) is 27.3. The Bertz CT molecular complexity index is 1810. The smallest absolute Gasteiger partial charge is 0.202 e. The van der Waals surface area contributed by atoms with Crippen LogP contribution in [-0.2, 0) is 9.59 Å². The second kappa shape index (κ2) is 9.41. The quantitative estimate of drug-likeness (QED) is 0.172. The lowest BCUT2D eigenvalue weighted by Gasteiger charge is -2.36. The summed E-state index contributed by atoms with van der Waals surface area (Å²) in [6, 6.07) is 44.4. The lowest BCUT2D eigenvalue weighted by Crippen LogP contribution is -2.48. The molecule has 0 saturated heterocycles. The van der Waals surface area contributed by atoms with Crippen molar-refractivity contribution in [3.63, 3.8) is 0 Å². The zero-order valence-electron chi connectivity index (χ0n) is 21.5. The summed E-state index contributed by atoms with van der Waals surface area (Å²) in [6.45, 7) is -2.86. The minimum Gasteiger partial charge on any atom is -0.289 e. The molecule has 0 aromatic heterocycles. The van der Waals surface area contributed by atoms with Gasteiger partial charge in [0.2, 0.25) is 11.6 Å². The molecule has 190 valence electrons. The summed E-state index contributed by atoms with van der Waals surface area (Å²) in [7, 11) is 0. The van der Waals surface area contributed by atoms with Gasteiger partial charge in [0.1, 0.15) is 0 Å². The van der Waals surface area contributed by atoms with E-state index in [4.69, 9.17) is 0 Å². The van der Waals surface area contributed by atoms with Crippen molar-refractivity contribution in [3.05, 3.63) is 156 Å². The van der Waals surface area contributed by atoms with Gasteiger partial charge < -0.3 is 0 Å². The molecule has 5 aromatic carbocycles. The van der Waals surface area contributed by atoms with E-state index in [9.17, 15) is 14.4 Å². The number of Topliss-reactive ketones (excluding diaryl/α,β-unsaturated/α-hetero) is 3. The first kappa shape index (κ1) is 24.2. The summed E-state index contributed by atoms with van der Waals surface area (Å²) in [5.41, 5.74) is 3.01. The summed E-state index contributed by atoms with van der Waals surface area (Å²) >= 11 is 0. The molecule has 0 aliphatic heterocycles. The van der Waals surface area contributed by atoms with Crippen LogP contribution < -0.4 is 15.9 Å². The third-order valence-electron chi connectivity index (χ3n) is 7.79. The van der Waals surface area contributed by atoms with Gasteiger partial charge in [0, 0.05) is 11.1 Å². The van der Waals surface area contributed by atoms with Crippen LogP contribution in [0, 0.1) is 0 Å². The Morgan fingerprint density at radius 2 is 0.675 bits per heavy atom. The second-order valence-electron chi connectivity index (χ2n) is 9.85. The molecule has 0 amide bonds. The van der Waals surface area contributed by atoms with E-state index in [1.165, 1.54) is 0 Å². The van der Waals surface area contributed by atoms with Crippen molar-refractivity contribution in [1.82, 2.24) is 0 Å². The van der Waals surface area contributed by atoms with Crippen molar-refractivity contribution >= 4 is 51.0 Å². The molecule has 0 atom stereocenters. The first-order chi connectivity index (χ1) is 19.6. The number of rotatable bonds is 3. The van der Waals surface area contributed by atoms with Crippen LogP contribution in [0.15, 0.2) is 145 Å². The van der Waals surface area contributed by atoms with Crippen LogP contribution in [0.5, 0.6) is 0 Å². The zero-order valence-corrected chi connectivity index (χ0v) is 22.3. The van der Waals surface area contributed by atoms with Gasteiger partial charge in [-0.2, -0.15) is 0 Å². The van der Waals surface area contributed by atoms with Crippen molar-refractivity contribution in [2.24, 2.45) is 0 Å². The lowest BCUT2D eigenvalue weighted by atomic mass is 9.74. The Kier molecular flexibility index (Phi) is 5.70. The van der Waals surface area contributed by atoms with E-state index in [-0.39, 0.29) is 33.8 Å². The van der Waals surface area contributed by atoms with E-state index in [1.54, 1.807) is 6.07 Å². The number of hydrogen-bond acceptors (Lipinski definition) is 3. The molecule has 0 unspecified atom stereocenters. The van der Waals surface area contributed by atoms with Gasteiger partial charge in [-0.05, 0) is 39.5 Å². The molecule has 0 spiro atoms. The Balaban J connectivity index is 1.58. The van der Waals surface area contributed by atoms with Gasteiger partial charge in [-0.1, -0.05) is 140 Å². The molecule has 0 bridgehead atoms. The maximum Gasteiger partial charge on any atom is 0.202 e. The second-order valence-corrected chi connectivity index (χ2v) is 13.2. The van der Waals surface area contributed by atoms with Crippen LogP contribution in [0.4, 0.5) is 0 Å². The number of ketones is 3. The van der Waals surface area contributed by atoms with Crippen LogP contribution in [-0.4, -0.2) is 22.6 Å². The Hall–Kier alpha value is -4.85. The van der Waals surface area contributed by atoms with Crippen LogP contribution in [0.1, 0.15) is 15.9 Å². The minimum atomic E-state index is -2.86. The predicted octanol–water partition coefficient (Wildman–Crippen LogP) is 5.62. The van der Waals surface area contributed by atoms with E-state index in [0.717, 1.165) is 27.0 Å². The molecule has 0 heterocycles. The molecule has 4 heteroatoms. The number of carbonyl (C=O) groups is 3. The predicted molar refractivity (Wildman–Crippen MR) is 163 cm³/mol. The number of fused-ring (bicyclic) bond motifs is 3.